The van der Waals surface area contributed by atoms with E-state index in [0.717, 1.165) is 12.8 Å². The highest BCUT2D eigenvalue weighted by Gasteiger charge is 2.19. The molecule has 0 heterocycles. The van der Waals surface area contributed by atoms with Crippen LogP contribution in [0.2, 0.25) is 0 Å². The van der Waals surface area contributed by atoms with Crippen molar-refractivity contribution in [2.24, 2.45) is 11.0 Å². The lowest BCUT2D eigenvalue weighted by atomic mass is 9.82. The van der Waals surface area contributed by atoms with Gasteiger partial charge in [-0.15, -0.1) is 0 Å². The Balaban J connectivity index is 2.01. The van der Waals surface area contributed by atoms with Crippen LogP contribution in [0.1, 0.15) is 37.2 Å². The lowest BCUT2D eigenvalue weighted by Crippen LogP contribution is -2.25. The number of hydrogen-bond donors (Lipinski definition) is 2. The van der Waals surface area contributed by atoms with Crippen LogP contribution in [0.4, 0.5) is 0 Å². The largest absolute Gasteiger partial charge is 0.340 e. The van der Waals surface area contributed by atoms with Crippen molar-refractivity contribution in [3.63, 3.8) is 0 Å². The Morgan fingerprint density at radius 3 is 2.31 bits per heavy atom. The molecule has 0 bridgehead atoms. The summed E-state index contributed by atoms with van der Waals surface area (Å²) in [5.41, 5.74) is 13.8. The second kappa shape index (κ2) is 5.07. The van der Waals surface area contributed by atoms with Gasteiger partial charge >= 0.3 is 0 Å². The quantitative estimate of drug-likeness (QED) is 0.606. The Labute approximate surface area is 95.3 Å². The minimum absolute atomic E-state index is 0.390. The summed E-state index contributed by atoms with van der Waals surface area (Å²) >= 11 is 0. The van der Waals surface area contributed by atoms with Crippen molar-refractivity contribution in [1.29, 1.82) is 5.53 Å². The number of hydrogen-bond acceptors (Lipinski definition) is 4. The van der Waals surface area contributed by atoms with Gasteiger partial charge in [-0.3, -0.25) is 0 Å². The third-order valence-electron chi connectivity index (χ3n) is 3.27. The van der Waals surface area contributed by atoms with E-state index in [1.807, 2.05) is 12.1 Å². The summed E-state index contributed by atoms with van der Waals surface area (Å²) in [7, 11) is 0. The molecule has 1 aliphatic carbocycles. The highest BCUT2D eigenvalue weighted by molar-refractivity contribution is 5.29. The van der Waals surface area contributed by atoms with E-state index in [4.69, 9.17) is 16.1 Å². The molecule has 0 aromatic heterocycles. The maximum Gasteiger partial charge on any atom is 0.159 e. The molecule has 0 radical (unpaired) electrons. The predicted octanol–water partition coefficient (Wildman–Crippen LogP) is 3.00. The zero-order chi connectivity index (χ0) is 11.4. The molecule has 16 heavy (non-hydrogen) atoms. The first-order chi connectivity index (χ1) is 7.79. The highest BCUT2D eigenvalue weighted by atomic mass is 16.6. The third kappa shape index (κ3) is 2.58. The minimum atomic E-state index is 0.390. The molecule has 1 fully saturated rings. The van der Waals surface area contributed by atoms with E-state index in [0.29, 0.717) is 17.7 Å². The average Bonchev–Trinajstić information content (AvgIpc) is 2.32. The summed E-state index contributed by atoms with van der Waals surface area (Å²) in [5, 5.41) is 2.89. The molecule has 1 aromatic carbocycles. The molecule has 3 N–H and O–H groups in total. The van der Waals surface area contributed by atoms with Crippen LogP contribution in [0.25, 0.3) is 0 Å². The number of rotatable bonds is 3. The SMILES string of the molecule is N=NOc1ccc(C2CCC(N)CC2)cc1. The van der Waals surface area contributed by atoms with Gasteiger partial charge in [-0.1, -0.05) is 12.1 Å². The normalized spacial score (nSPS) is 25.1. The van der Waals surface area contributed by atoms with Crippen molar-refractivity contribution >= 4 is 0 Å². The fourth-order valence-electron chi connectivity index (χ4n) is 2.31. The second-order valence-corrected chi connectivity index (χ2v) is 4.36. The fourth-order valence-corrected chi connectivity index (χ4v) is 2.31. The van der Waals surface area contributed by atoms with Crippen molar-refractivity contribution in [3.8, 4) is 5.75 Å². The zero-order valence-electron chi connectivity index (χ0n) is 9.23. The number of nitrogens with two attached hydrogens (primary N) is 1. The van der Waals surface area contributed by atoms with E-state index >= 15 is 0 Å². The maximum atomic E-state index is 6.60. The van der Waals surface area contributed by atoms with Gasteiger partial charge in [0.25, 0.3) is 0 Å². The van der Waals surface area contributed by atoms with Crippen LogP contribution >= 0.6 is 0 Å². The Morgan fingerprint density at radius 1 is 1.12 bits per heavy atom. The molecular weight excluding hydrogens is 202 g/mol. The Bertz CT molecular complexity index is 342. The summed E-state index contributed by atoms with van der Waals surface area (Å²) in [4.78, 5) is 4.74. The summed E-state index contributed by atoms with van der Waals surface area (Å²) in [6.07, 6.45) is 4.57. The smallest absolute Gasteiger partial charge is 0.159 e. The molecule has 2 rings (SSSR count). The van der Waals surface area contributed by atoms with Crippen LogP contribution in [0.5, 0.6) is 5.75 Å². The second-order valence-electron chi connectivity index (χ2n) is 4.36. The Hall–Kier alpha value is -1.42. The van der Waals surface area contributed by atoms with E-state index < -0.39 is 0 Å². The number of benzene rings is 1. The van der Waals surface area contributed by atoms with Crippen LogP contribution in [0, 0.1) is 5.53 Å². The summed E-state index contributed by atoms with van der Waals surface area (Å²) < 4.78 is 0. The first-order valence-corrected chi connectivity index (χ1v) is 5.69. The van der Waals surface area contributed by atoms with E-state index in [1.165, 1.54) is 18.4 Å². The first-order valence-electron chi connectivity index (χ1n) is 5.69. The van der Waals surface area contributed by atoms with Crippen LogP contribution in [0.3, 0.4) is 0 Å². The van der Waals surface area contributed by atoms with Crippen LogP contribution in [-0.4, -0.2) is 6.04 Å². The van der Waals surface area contributed by atoms with Crippen molar-refractivity contribution in [1.82, 2.24) is 0 Å². The molecule has 0 saturated heterocycles. The molecule has 0 spiro atoms. The van der Waals surface area contributed by atoms with Crippen molar-refractivity contribution < 1.29 is 4.84 Å². The molecule has 1 aliphatic rings. The van der Waals surface area contributed by atoms with Gasteiger partial charge in [0, 0.05) is 11.3 Å². The third-order valence-corrected chi connectivity index (χ3v) is 3.27. The minimum Gasteiger partial charge on any atom is -0.340 e. The molecule has 1 saturated carbocycles. The zero-order valence-corrected chi connectivity index (χ0v) is 9.23. The van der Waals surface area contributed by atoms with E-state index in [2.05, 4.69) is 17.4 Å². The summed E-state index contributed by atoms with van der Waals surface area (Å²) in [6.45, 7) is 0. The molecule has 4 nitrogen and oxygen atoms in total. The average molecular weight is 219 g/mol. The van der Waals surface area contributed by atoms with Crippen LogP contribution in [0.15, 0.2) is 29.5 Å². The molecule has 0 amide bonds. The molecule has 0 unspecified atom stereocenters. The van der Waals surface area contributed by atoms with Gasteiger partial charge in [0.05, 0.1) is 0 Å². The molecule has 0 aliphatic heterocycles. The van der Waals surface area contributed by atoms with Gasteiger partial charge in [0.2, 0.25) is 0 Å². The highest BCUT2D eigenvalue weighted by Crippen LogP contribution is 2.32. The molecule has 1 aromatic rings. The Morgan fingerprint density at radius 2 is 1.75 bits per heavy atom. The molecule has 0 atom stereocenters. The lowest BCUT2D eigenvalue weighted by molar-refractivity contribution is 0.298. The van der Waals surface area contributed by atoms with Gasteiger partial charge in [0.1, 0.15) is 0 Å². The van der Waals surface area contributed by atoms with E-state index in [-0.39, 0.29) is 0 Å². The monoisotopic (exact) mass is 219 g/mol. The van der Waals surface area contributed by atoms with Crippen LogP contribution < -0.4 is 10.6 Å². The lowest BCUT2D eigenvalue weighted by Gasteiger charge is -2.26. The molecular formula is C12H17N3O. The predicted molar refractivity (Wildman–Crippen MR) is 61.4 cm³/mol. The fraction of sp³-hybridized carbons (Fsp3) is 0.500. The first kappa shape index (κ1) is 11.1. The van der Waals surface area contributed by atoms with Crippen LogP contribution in [-0.2, 0) is 0 Å². The van der Waals surface area contributed by atoms with Crippen molar-refractivity contribution in [2.45, 2.75) is 37.6 Å². The van der Waals surface area contributed by atoms with Crippen molar-refractivity contribution in [3.05, 3.63) is 29.8 Å². The van der Waals surface area contributed by atoms with Gasteiger partial charge in [-0.2, -0.15) is 5.53 Å². The summed E-state index contributed by atoms with van der Waals surface area (Å²) in [6, 6.07) is 8.23. The van der Waals surface area contributed by atoms with Gasteiger partial charge in [0.15, 0.2) is 5.75 Å². The number of nitrogens with zero attached hydrogens (tertiary/aromatic N) is 1. The topological polar surface area (TPSA) is 71.5 Å². The molecule has 86 valence electrons. The van der Waals surface area contributed by atoms with Crippen molar-refractivity contribution in [2.75, 3.05) is 0 Å². The van der Waals surface area contributed by atoms with E-state index in [9.17, 15) is 0 Å². The summed E-state index contributed by atoms with van der Waals surface area (Å²) in [5.74, 6) is 1.24. The standard InChI is InChI=1S/C12H17N3O/c13-11-5-1-9(2-6-11)10-3-7-12(8-4-10)16-15-14/h3-4,7-9,11,14H,1-2,5-6,13H2. The Kier molecular flexibility index (Phi) is 3.51. The van der Waals surface area contributed by atoms with E-state index in [1.54, 1.807) is 0 Å². The number of nitrogens with one attached hydrogen (secondary N) is 1. The maximum absolute atomic E-state index is 6.60. The molecule has 4 heteroatoms. The van der Waals surface area contributed by atoms with Gasteiger partial charge in [-0.05, 0) is 49.3 Å². The van der Waals surface area contributed by atoms with Gasteiger partial charge < -0.3 is 10.6 Å². The van der Waals surface area contributed by atoms with Gasteiger partial charge in [-0.25, -0.2) is 0 Å².